The molecule has 2 aliphatic rings. The van der Waals surface area contributed by atoms with Gasteiger partial charge in [0.15, 0.2) is 0 Å². The highest BCUT2D eigenvalue weighted by atomic mass is 15.3. The van der Waals surface area contributed by atoms with Crippen LogP contribution in [0.4, 0.5) is 0 Å². The minimum Gasteiger partial charge on any atom is -0.326 e. The van der Waals surface area contributed by atoms with Gasteiger partial charge in [0.2, 0.25) is 0 Å². The molecule has 0 radical (unpaired) electrons. The fraction of sp³-hybridized carbons (Fsp3) is 0.895. The smallest absolute Gasteiger partial charge is 0.0821 e. The van der Waals surface area contributed by atoms with Crippen LogP contribution in [0.15, 0.2) is 12.2 Å². The Kier molecular flexibility index (Phi) is 6.61. The second-order valence-electron chi connectivity index (χ2n) is 7.65. The van der Waals surface area contributed by atoms with E-state index in [1.165, 1.54) is 88.3 Å². The highest BCUT2D eigenvalue weighted by molar-refractivity contribution is 4.96. The molecule has 116 valence electrons. The summed E-state index contributed by atoms with van der Waals surface area (Å²) < 4.78 is 1.37. The molecule has 1 aliphatic heterocycles. The fourth-order valence-corrected chi connectivity index (χ4v) is 4.39. The number of allylic oxidation sites excluding steroid dienone is 2. The predicted octanol–water partition coefficient (Wildman–Crippen LogP) is 5.17. The van der Waals surface area contributed by atoms with Crippen molar-refractivity contribution >= 4 is 0 Å². The van der Waals surface area contributed by atoms with Gasteiger partial charge in [-0.3, -0.25) is 0 Å². The molecule has 1 saturated heterocycles. The number of rotatable bonds is 9. The van der Waals surface area contributed by atoms with Gasteiger partial charge in [-0.2, -0.15) is 0 Å². The number of hydrogen-bond donors (Lipinski definition) is 0. The molecule has 1 heterocycles. The van der Waals surface area contributed by atoms with Crippen molar-refractivity contribution in [2.45, 2.75) is 71.1 Å². The van der Waals surface area contributed by atoms with Crippen molar-refractivity contribution in [2.75, 3.05) is 26.7 Å². The Morgan fingerprint density at radius 2 is 1.30 bits per heavy atom. The van der Waals surface area contributed by atoms with Gasteiger partial charge < -0.3 is 4.48 Å². The van der Waals surface area contributed by atoms with Crippen molar-refractivity contribution < 1.29 is 4.48 Å². The van der Waals surface area contributed by atoms with Crippen molar-refractivity contribution in [1.29, 1.82) is 0 Å². The summed E-state index contributed by atoms with van der Waals surface area (Å²) in [5, 5.41) is 0. The Morgan fingerprint density at radius 1 is 0.800 bits per heavy atom. The largest absolute Gasteiger partial charge is 0.326 e. The molecule has 0 unspecified atom stereocenters. The Hall–Kier alpha value is -0.300. The number of quaternary nitrogens is 1. The lowest BCUT2D eigenvalue weighted by atomic mass is 9.86. The van der Waals surface area contributed by atoms with E-state index in [1.54, 1.807) is 0 Å². The Labute approximate surface area is 127 Å². The van der Waals surface area contributed by atoms with E-state index in [4.69, 9.17) is 0 Å². The van der Waals surface area contributed by atoms with Crippen LogP contribution in [-0.2, 0) is 0 Å². The molecule has 2 rings (SSSR count). The molecule has 0 N–H and O–H groups in total. The van der Waals surface area contributed by atoms with Gasteiger partial charge in [0.05, 0.1) is 26.7 Å². The molecular weight excluding hydrogens is 242 g/mol. The lowest BCUT2D eigenvalue weighted by Crippen LogP contribution is -2.42. The fourth-order valence-electron chi connectivity index (χ4n) is 4.39. The number of nitrogens with zero attached hydrogens (tertiary/aromatic N) is 1. The third kappa shape index (κ3) is 4.91. The molecule has 1 fully saturated rings. The van der Waals surface area contributed by atoms with Crippen molar-refractivity contribution in [3.63, 3.8) is 0 Å². The van der Waals surface area contributed by atoms with Crippen molar-refractivity contribution in [2.24, 2.45) is 11.8 Å². The van der Waals surface area contributed by atoms with E-state index in [0.717, 1.165) is 11.8 Å². The molecule has 0 saturated carbocycles. The Balaban J connectivity index is 1.53. The molecular formula is C19H36N+. The zero-order chi connectivity index (χ0) is 14.3. The molecule has 0 aromatic carbocycles. The van der Waals surface area contributed by atoms with Gasteiger partial charge in [-0.25, -0.2) is 0 Å². The quantitative estimate of drug-likeness (QED) is 0.310. The Morgan fingerprint density at radius 3 is 1.85 bits per heavy atom. The number of unbranched alkanes of at least 4 members (excludes halogenated alkanes) is 7. The summed E-state index contributed by atoms with van der Waals surface area (Å²) in [5.41, 5.74) is 0. The van der Waals surface area contributed by atoms with Gasteiger partial charge >= 0.3 is 0 Å². The molecule has 1 nitrogen and oxygen atoms in total. The summed E-state index contributed by atoms with van der Waals surface area (Å²) in [7, 11) is 2.51. The number of likely N-dealkylation sites (tertiary alicyclic amines) is 1. The van der Waals surface area contributed by atoms with Crippen LogP contribution in [0.5, 0.6) is 0 Å². The monoisotopic (exact) mass is 278 g/mol. The summed E-state index contributed by atoms with van der Waals surface area (Å²) in [4.78, 5) is 0. The topological polar surface area (TPSA) is 0 Å². The molecule has 0 spiro atoms. The number of fused-ring (bicyclic) bond motifs is 1. The lowest BCUT2D eigenvalue weighted by Gasteiger charge is -2.30. The van der Waals surface area contributed by atoms with Gasteiger partial charge in [0.25, 0.3) is 0 Å². The third-order valence-electron chi connectivity index (χ3n) is 5.61. The van der Waals surface area contributed by atoms with Crippen LogP contribution in [0.25, 0.3) is 0 Å². The van der Waals surface area contributed by atoms with Crippen LogP contribution >= 0.6 is 0 Å². The normalized spacial score (nSPS) is 27.7. The Bertz CT molecular complexity index is 278. The van der Waals surface area contributed by atoms with Crippen molar-refractivity contribution in [3.05, 3.63) is 12.2 Å². The highest BCUT2D eigenvalue weighted by Gasteiger charge is 2.41. The van der Waals surface area contributed by atoms with Crippen LogP contribution in [0, 0.1) is 11.8 Å². The SMILES string of the molecule is CCCCCCCCCC[N+]1(C)C[C@H]2CC=CC[C@@H]2C1. The molecule has 2 atom stereocenters. The van der Waals surface area contributed by atoms with Crippen LogP contribution in [0.2, 0.25) is 0 Å². The van der Waals surface area contributed by atoms with E-state index >= 15 is 0 Å². The van der Waals surface area contributed by atoms with E-state index in [9.17, 15) is 0 Å². The third-order valence-corrected chi connectivity index (χ3v) is 5.61. The van der Waals surface area contributed by atoms with Crippen molar-refractivity contribution in [3.8, 4) is 0 Å². The lowest BCUT2D eigenvalue weighted by molar-refractivity contribution is -0.900. The first-order valence-corrected chi connectivity index (χ1v) is 9.22. The van der Waals surface area contributed by atoms with Gasteiger partial charge in [0, 0.05) is 11.8 Å². The first-order valence-electron chi connectivity index (χ1n) is 9.22. The zero-order valence-electron chi connectivity index (χ0n) is 13.9. The summed E-state index contributed by atoms with van der Waals surface area (Å²) in [6, 6.07) is 0. The molecule has 1 aliphatic carbocycles. The average molecular weight is 279 g/mol. The van der Waals surface area contributed by atoms with Gasteiger partial charge in [0.1, 0.15) is 0 Å². The minimum atomic E-state index is 0.999. The molecule has 0 aromatic rings. The first-order chi connectivity index (χ1) is 9.73. The molecule has 0 aromatic heterocycles. The van der Waals surface area contributed by atoms with Crippen LogP contribution in [0.1, 0.15) is 71.1 Å². The summed E-state index contributed by atoms with van der Waals surface area (Å²) in [6.45, 7) is 6.63. The second-order valence-corrected chi connectivity index (χ2v) is 7.65. The maximum Gasteiger partial charge on any atom is 0.0821 e. The summed E-state index contributed by atoms with van der Waals surface area (Å²) in [5.74, 6) is 2.00. The van der Waals surface area contributed by atoms with Crippen LogP contribution in [-0.4, -0.2) is 31.2 Å². The summed E-state index contributed by atoms with van der Waals surface area (Å²) >= 11 is 0. The average Bonchev–Trinajstić information content (AvgIpc) is 2.78. The maximum absolute atomic E-state index is 2.51. The van der Waals surface area contributed by atoms with Crippen LogP contribution < -0.4 is 0 Å². The van der Waals surface area contributed by atoms with Gasteiger partial charge in [-0.05, 0) is 25.7 Å². The molecule has 20 heavy (non-hydrogen) atoms. The molecule has 0 bridgehead atoms. The maximum atomic E-state index is 2.51. The second kappa shape index (κ2) is 8.22. The standard InChI is InChI=1S/C19H36N/c1-3-4-5-6-7-8-9-12-15-20(2)16-18-13-10-11-14-19(18)17-20/h10-11,18-19H,3-9,12-17H2,1-2H3/q+1/t18-,19-/m1/s1. The van der Waals surface area contributed by atoms with Crippen molar-refractivity contribution in [1.82, 2.24) is 0 Å². The van der Waals surface area contributed by atoms with E-state index in [-0.39, 0.29) is 0 Å². The van der Waals surface area contributed by atoms with Crippen LogP contribution in [0.3, 0.4) is 0 Å². The van der Waals surface area contributed by atoms with Gasteiger partial charge in [-0.1, -0.05) is 57.6 Å². The highest BCUT2D eigenvalue weighted by Crippen LogP contribution is 2.36. The van der Waals surface area contributed by atoms with E-state index in [0.29, 0.717) is 0 Å². The predicted molar refractivity (Wildman–Crippen MR) is 88.7 cm³/mol. The number of hydrogen-bond acceptors (Lipinski definition) is 0. The van der Waals surface area contributed by atoms with Gasteiger partial charge in [-0.15, -0.1) is 0 Å². The molecule has 1 heteroatoms. The first kappa shape index (κ1) is 16.1. The summed E-state index contributed by atoms with van der Waals surface area (Å²) in [6.07, 6.45) is 19.2. The zero-order valence-corrected chi connectivity index (χ0v) is 13.9. The van der Waals surface area contributed by atoms with E-state index in [1.807, 2.05) is 0 Å². The molecule has 0 amide bonds. The minimum absolute atomic E-state index is 0.999. The van der Waals surface area contributed by atoms with E-state index in [2.05, 4.69) is 26.1 Å². The van der Waals surface area contributed by atoms with E-state index < -0.39 is 0 Å².